The van der Waals surface area contributed by atoms with E-state index in [1.54, 1.807) is 26.8 Å². The fourth-order valence-electron chi connectivity index (χ4n) is 2.56. The zero-order valence-corrected chi connectivity index (χ0v) is 19.4. The highest BCUT2D eigenvalue weighted by molar-refractivity contribution is 9.10. The fraction of sp³-hybridized carbons (Fsp3) is 0.350. The highest BCUT2D eigenvalue weighted by atomic mass is 79.9. The number of benzene rings is 2. The van der Waals surface area contributed by atoms with Gasteiger partial charge in [-0.25, -0.2) is 31.1 Å². The van der Waals surface area contributed by atoms with E-state index in [0.717, 1.165) is 0 Å². The smallest absolute Gasteiger partial charge is 0.407 e. The van der Waals surface area contributed by atoms with Crippen LogP contribution in [0.25, 0.3) is 0 Å². The average molecular weight is 523 g/mol. The summed E-state index contributed by atoms with van der Waals surface area (Å²) in [7, 11) is -3.97. The molecule has 2 N–H and O–H groups in total. The molecule has 0 aliphatic heterocycles. The minimum atomic E-state index is -3.97. The van der Waals surface area contributed by atoms with Crippen LogP contribution in [-0.4, -0.2) is 32.7 Å². The second kappa shape index (κ2) is 10.0. The zero-order chi connectivity index (χ0) is 23.4. The maximum absolute atomic E-state index is 14.1. The average Bonchev–Trinajstić information content (AvgIpc) is 2.62. The predicted molar refractivity (Wildman–Crippen MR) is 113 cm³/mol. The summed E-state index contributed by atoms with van der Waals surface area (Å²) in [4.78, 5) is 12.1. The van der Waals surface area contributed by atoms with Crippen molar-refractivity contribution in [2.24, 2.45) is 0 Å². The molecule has 0 radical (unpaired) electrons. The van der Waals surface area contributed by atoms with Crippen LogP contribution in [0.4, 0.5) is 18.0 Å². The molecule has 31 heavy (non-hydrogen) atoms. The maximum Gasteiger partial charge on any atom is 0.407 e. The highest BCUT2D eigenvalue weighted by Crippen LogP contribution is 2.18. The first-order valence-electron chi connectivity index (χ1n) is 9.15. The van der Waals surface area contributed by atoms with E-state index in [-0.39, 0.29) is 23.4 Å². The van der Waals surface area contributed by atoms with Crippen LogP contribution in [0, 0.1) is 17.5 Å². The Kier molecular flexibility index (Phi) is 8.12. The minimum Gasteiger partial charge on any atom is -0.444 e. The number of rotatable bonds is 7. The first kappa shape index (κ1) is 25.2. The largest absolute Gasteiger partial charge is 0.444 e. The van der Waals surface area contributed by atoms with E-state index in [9.17, 15) is 26.4 Å². The molecular formula is C20H22BrF3N2O4S. The number of hydrogen-bond donors (Lipinski definition) is 2. The van der Waals surface area contributed by atoms with Crippen molar-refractivity contribution in [1.82, 2.24) is 10.0 Å². The summed E-state index contributed by atoms with van der Waals surface area (Å²) in [5.74, 6) is -3.64. The van der Waals surface area contributed by atoms with E-state index in [0.29, 0.717) is 16.6 Å². The molecule has 0 fully saturated rings. The van der Waals surface area contributed by atoms with Crippen molar-refractivity contribution in [1.29, 1.82) is 0 Å². The van der Waals surface area contributed by atoms with Crippen molar-refractivity contribution in [3.8, 4) is 0 Å². The van der Waals surface area contributed by atoms with Gasteiger partial charge < -0.3 is 10.1 Å². The first-order valence-corrected chi connectivity index (χ1v) is 11.4. The number of carbonyl (C=O) groups is 1. The van der Waals surface area contributed by atoms with Crippen LogP contribution in [0.5, 0.6) is 0 Å². The van der Waals surface area contributed by atoms with Gasteiger partial charge in [-0.1, -0.05) is 22.0 Å². The van der Waals surface area contributed by atoms with Gasteiger partial charge >= 0.3 is 6.09 Å². The summed E-state index contributed by atoms with van der Waals surface area (Å²) in [6.07, 6.45) is -1.19. The molecular weight excluding hydrogens is 501 g/mol. The molecule has 6 nitrogen and oxygen atoms in total. The number of halogens is 4. The molecule has 0 aliphatic rings. The van der Waals surface area contributed by atoms with Crippen molar-refractivity contribution >= 4 is 32.0 Å². The molecule has 1 atom stereocenters. The van der Waals surface area contributed by atoms with Gasteiger partial charge in [-0.05, 0) is 57.0 Å². The van der Waals surface area contributed by atoms with Crippen LogP contribution in [0.2, 0.25) is 0 Å². The maximum atomic E-state index is 14.1. The Labute approximate surface area is 187 Å². The van der Waals surface area contributed by atoms with Crippen LogP contribution < -0.4 is 10.0 Å². The van der Waals surface area contributed by atoms with Gasteiger partial charge in [-0.3, -0.25) is 0 Å². The van der Waals surface area contributed by atoms with Gasteiger partial charge in [0.1, 0.15) is 11.4 Å². The standard InChI is InChI=1S/C20H22BrF3N2O4S/c1-20(2,3)30-19(27)26-14(7-12-8-17(23)18(24)10-16(12)22)11-25-31(28,29)15-6-4-5-13(21)9-15/h4-6,8-10,14,25H,7,11H2,1-3H3,(H,26,27)/t14-/m1/s1. The second-order valence-corrected chi connectivity index (χ2v) is 10.4. The van der Waals surface area contributed by atoms with Gasteiger partial charge in [0.05, 0.1) is 4.90 Å². The molecule has 11 heteroatoms. The lowest BCUT2D eigenvalue weighted by atomic mass is 10.1. The van der Waals surface area contributed by atoms with Crippen LogP contribution >= 0.6 is 15.9 Å². The molecule has 0 unspecified atom stereocenters. The normalized spacial score (nSPS) is 13.0. The van der Waals surface area contributed by atoms with Crippen LogP contribution in [0.15, 0.2) is 45.8 Å². The van der Waals surface area contributed by atoms with Gasteiger partial charge in [0.2, 0.25) is 10.0 Å². The number of ether oxygens (including phenoxy) is 1. The van der Waals surface area contributed by atoms with E-state index in [4.69, 9.17) is 4.74 Å². The number of nitrogens with one attached hydrogen (secondary N) is 2. The molecule has 0 heterocycles. The highest BCUT2D eigenvalue weighted by Gasteiger charge is 2.24. The van der Waals surface area contributed by atoms with Crippen molar-refractivity contribution in [3.05, 3.63) is 63.9 Å². The molecule has 0 saturated carbocycles. The Bertz CT molecular complexity index is 1060. The zero-order valence-electron chi connectivity index (χ0n) is 17.0. The van der Waals surface area contributed by atoms with Crippen LogP contribution in [0.3, 0.4) is 0 Å². The third-order valence-electron chi connectivity index (χ3n) is 3.90. The van der Waals surface area contributed by atoms with Crippen LogP contribution in [0.1, 0.15) is 26.3 Å². The number of amides is 1. The number of carbonyl (C=O) groups excluding carboxylic acids is 1. The summed E-state index contributed by atoms with van der Waals surface area (Å²) >= 11 is 3.19. The molecule has 0 aliphatic carbocycles. The molecule has 2 rings (SSSR count). The van der Waals surface area contributed by atoms with Gasteiger partial charge in [0.15, 0.2) is 11.6 Å². The van der Waals surface area contributed by atoms with E-state index in [1.165, 1.54) is 18.2 Å². The Morgan fingerprint density at radius 3 is 2.35 bits per heavy atom. The Hall–Kier alpha value is -2.11. The molecule has 0 saturated heterocycles. The van der Waals surface area contributed by atoms with E-state index >= 15 is 0 Å². The molecule has 0 aromatic heterocycles. The molecule has 170 valence electrons. The van der Waals surface area contributed by atoms with Crippen molar-refractivity contribution in [2.75, 3.05) is 6.54 Å². The first-order chi connectivity index (χ1) is 14.3. The Balaban J connectivity index is 2.23. The van der Waals surface area contributed by atoms with Gasteiger partial charge in [-0.2, -0.15) is 0 Å². The van der Waals surface area contributed by atoms with E-state index < -0.39 is 45.2 Å². The van der Waals surface area contributed by atoms with Crippen LogP contribution in [-0.2, 0) is 21.2 Å². The van der Waals surface area contributed by atoms with Gasteiger partial charge in [-0.15, -0.1) is 0 Å². The fourth-order valence-corrected chi connectivity index (χ4v) is 4.24. The minimum absolute atomic E-state index is 0.0306. The Morgan fingerprint density at radius 1 is 1.10 bits per heavy atom. The lowest BCUT2D eigenvalue weighted by molar-refractivity contribution is 0.0504. The van der Waals surface area contributed by atoms with E-state index in [2.05, 4.69) is 26.0 Å². The van der Waals surface area contributed by atoms with E-state index in [1.807, 2.05) is 0 Å². The summed E-state index contributed by atoms with van der Waals surface area (Å²) < 4.78 is 74.0. The Morgan fingerprint density at radius 2 is 1.74 bits per heavy atom. The topological polar surface area (TPSA) is 84.5 Å². The lowest BCUT2D eigenvalue weighted by Gasteiger charge is -2.24. The SMILES string of the molecule is CC(C)(C)OC(=O)N[C@@H](CNS(=O)(=O)c1cccc(Br)c1)Cc1cc(F)c(F)cc1F. The third-order valence-corrected chi connectivity index (χ3v) is 5.82. The summed E-state index contributed by atoms with van der Waals surface area (Å²) in [5, 5.41) is 2.44. The number of alkyl carbamates (subject to hydrolysis) is 1. The molecule has 0 spiro atoms. The molecule has 2 aromatic rings. The lowest BCUT2D eigenvalue weighted by Crippen LogP contribution is -2.46. The predicted octanol–water partition coefficient (Wildman–Crippen LogP) is 4.28. The van der Waals surface area contributed by atoms with Gasteiger partial charge in [0.25, 0.3) is 0 Å². The second-order valence-electron chi connectivity index (χ2n) is 7.71. The monoisotopic (exact) mass is 522 g/mol. The van der Waals surface area contributed by atoms with Crippen molar-refractivity contribution < 1.29 is 31.1 Å². The molecule has 1 amide bonds. The summed E-state index contributed by atoms with van der Waals surface area (Å²) in [6.45, 7) is 4.54. The summed E-state index contributed by atoms with van der Waals surface area (Å²) in [6, 6.07) is 5.98. The number of hydrogen-bond acceptors (Lipinski definition) is 4. The van der Waals surface area contributed by atoms with Crippen molar-refractivity contribution in [2.45, 2.75) is 43.7 Å². The third kappa shape index (κ3) is 7.82. The quantitative estimate of drug-likeness (QED) is 0.531. The van der Waals surface area contributed by atoms with Crippen molar-refractivity contribution in [3.63, 3.8) is 0 Å². The number of sulfonamides is 1. The van der Waals surface area contributed by atoms with Gasteiger partial charge in [0, 0.05) is 23.1 Å². The molecule has 2 aromatic carbocycles. The summed E-state index contributed by atoms with van der Waals surface area (Å²) in [5.41, 5.74) is -1.07. The molecule has 0 bridgehead atoms.